The molecule has 0 aromatic heterocycles. The Morgan fingerprint density at radius 3 is 2.47 bits per heavy atom. The number of hydrogen-bond acceptors (Lipinski definition) is 2. The van der Waals surface area contributed by atoms with Crippen LogP contribution < -0.4 is 11.5 Å². The molecule has 0 saturated heterocycles. The molecule has 0 fully saturated rings. The van der Waals surface area contributed by atoms with Gasteiger partial charge in [-0.3, -0.25) is 0 Å². The van der Waals surface area contributed by atoms with Crippen LogP contribution >= 0.6 is 11.6 Å². The van der Waals surface area contributed by atoms with Crippen LogP contribution in [0.5, 0.6) is 0 Å². The maximum atomic E-state index is 11.4. The first-order chi connectivity index (χ1) is 6.91. The number of halogens is 1. The summed E-state index contributed by atoms with van der Waals surface area (Å²) in [4.78, 5) is 0. The molecule has 7 heteroatoms. The standard InChI is InChI=1S/C8H10ClN3O2S/c9-7-4-2-1-3-6(7)5-15(13,14)12-8(10)11/h1-4H,5H2,(H4,10,11,12). The van der Waals surface area contributed by atoms with Crippen LogP contribution in [0.3, 0.4) is 0 Å². The van der Waals surface area contributed by atoms with Gasteiger partial charge in [0.05, 0.1) is 5.75 Å². The Kier molecular flexibility index (Phi) is 3.54. The van der Waals surface area contributed by atoms with E-state index < -0.39 is 16.0 Å². The smallest absolute Gasteiger partial charge is 0.260 e. The van der Waals surface area contributed by atoms with Gasteiger partial charge in [0.25, 0.3) is 10.0 Å². The van der Waals surface area contributed by atoms with Crippen molar-refractivity contribution < 1.29 is 8.42 Å². The summed E-state index contributed by atoms with van der Waals surface area (Å²) in [6, 6.07) is 6.59. The first-order valence-corrected chi connectivity index (χ1v) is 5.96. The molecule has 15 heavy (non-hydrogen) atoms. The fourth-order valence-corrected chi connectivity index (χ4v) is 2.32. The van der Waals surface area contributed by atoms with E-state index in [9.17, 15) is 8.42 Å². The van der Waals surface area contributed by atoms with Crippen LogP contribution in [-0.4, -0.2) is 14.4 Å². The second-order valence-corrected chi connectivity index (χ2v) is 4.88. The van der Waals surface area contributed by atoms with Gasteiger partial charge in [0.2, 0.25) is 5.96 Å². The Morgan fingerprint density at radius 2 is 1.93 bits per heavy atom. The van der Waals surface area contributed by atoms with Gasteiger partial charge >= 0.3 is 0 Å². The van der Waals surface area contributed by atoms with Crippen molar-refractivity contribution in [1.29, 1.82) is 0 Å². The summed E-state index contributed by atoms with van der Waals surface area (Å²) in [5.41, 5.74) is 10.4. The van der Waals surface area contributed by atoms with Crippen molar-refractivity contribution in [3.8, 4) is 0 Å². The monoisotopic (exact) mass is 247 g/mol. The zero-order valence-electron chi connectivity index (χ0n) is 7.72. The van der Waals surface area contributed by atoms with Crippen LogP contribution in [0.25, 0.3) is 0 Å². The Hall–Kier alpha value is -1.27. The second kappa shape index (κ2) is 4.50. The van der Waals surface area contributed by atoms with E-state index >= 15 is 0 Å². The highest BCUT2D eigenvalue weighted by Crippen LogP contribution is 2.18. The molecule has 82 valence electrons. The highest BCUT2D eigenvalue weighted by atomic mass is 35.5. The number of nitrogens with zero attached hydrogens (tertiary/aromatic N) is 1. The molecule has 0 unspecified atom stereocenters. The van der Waals surface area contributed by atoms with Crippen molar-refractivity contribution in [1.82, 2.24) is 0 Å². The average Bonchev–Trinajstić information content (AvgIpc) is 2.06. The Bertz CT molecular complexity index is 480. The van der Waals surface area contributed by atoms with Crippen molar-refractivity contribution in [3.63, 3.8) is 0 Å². The molecule has 0 spiro atoms. The summed E-state index contributed by atoms with van der Waals surface area (Å²) < 4.78 is 25.8. The summed E-state index contributed by atoms with van der Waals surface area (Å²) in [7, 11) is -3.70. The first-order valence-electron chi connectivity index (χ1n) is 3.98. The number of guanidine groups is 1. The fourth-order valence-electron chi connectivity index (χ4n) is 1.00. The van der Waals surface area contributed by atoms with Crippen molar-refractivity contribution in [2.75, 3.05) is 0 Å². The highest BCUT2D eigenvalue weighted by Gasteiger charge is 2.12. The van der Waals surface area contributed by atoms with E-state index in [1.165, 1.54) is 0 Å². The topological polar surface area (TPSA) is 98.5 Å². The largest absolute Gasteiger partial charge is 0.369 e. The molecule has 0 bridgehead atoms. The number of benzene rings is 1. The van der Waals surface area contributed by atoms with E-state index in [1.54, 1.807) is 24.3 Å². The fraction of sp³-hybridized carbons (Fsp3) is 0.125. The van der Waals surface area contributed by atoms with E-state index in [2.05, 4.69) is 4.40 Å². The summed E-state index contributed by atoms with van der Waals surface area (Å²) in [6.45, 7) is 0. The molecule has 0 amide bonds. The lowest BCUT2D eigenvalue weighted by molar-refractivity contribution is 0.597. The molecule has 0 aliphatic rings. The van der Waals surface area contributed by atoms with Gasteiger partial charge in [0, 0.05) is 5.02 Å². The van der Waals surface area contributed by atoms with Crippen molar-refractivity contribution in [2.45, 2.75) is 5.75 Å². The van der Waals surface area contributed by atoms with E-state index in [0.717, 1.165) is 0 Å². The highest BCUT2D eigenvalue weighted by molar-refractivity contribution is 7.89. The molecular formula is C8H10ClN3O2S. The zero-order valence-corrected chi connectivity index (χ0v) is 9.29. The van der Waals surface area contributed by atoms with Crippen molar-refractivity contribution in [3.05, 3.63) is 34.9 Å². The molecule has 0 atom stereocenters. The predicted octanol–water partition coefficient (Wildman–Crippen LogP) is 0.443. The Morgan fingerprint density at radius 1 is 1.33 bits per heavy atom. The normalized spacial score (nSPS) is 11.0. The summed E-state index contributed by atoms with van der Waals surface area (Å²) in [6.07, 6.45) is 0. The lowest BCUT2D eigenvalue weighted by Gasteiger charge is -2.01. The molecule has 0 aliphatic carbocycles. The lowest BCUT2D eigenvalue weighted by Crippen LogP contribution is -2.24. The van der Waals surface area contributed by atoms with Crippen LogP contribution in [0.4, 0.5) is 0 Å². The number of nitrogens with two attached hydrogens (primary N) is 2. The van der Waals surface area contributed by atoms with Crippen molar-refractivity contribution in [2.24, 2.45) is 15.9 Å². The molecule has 4 N–H and O–H groups in total. The van der Waals surface area contributed by atoms with Crippen molar-refractivity contribution >= 4 is 27.6 Å². The van der Waals surface area contributed by atoms with Crippen LogP contribution in [0, 0.1) is 0 Å². The molecular weight excluding hydrogens is 238 g/mol. The maximum Gasteiger partial charge on any atom is 0.260 e. The third kappa shape index (κ3) is 3.77. The summed E-state index contributed by atoms with van der Waals surface area (Å²) in [5.74, 6) is -0.799. The van der Waals surface area contributed by atoms with Crippen LogP contribution in [-0.2, 0) is 15.8 Å². The van der Waals surface area contributed by atoms with Gasteiger partial charge < -0.3 is 11.5 Å². The average molecular weight is 248 g/mol. The first kappa shape index (κ1) is 11.8. The molecule has 1 aromatic rings. The Labute approximate surface area is 92.8 Å². The number of hydrogen-bond donors (Lipinski definition) is 2. The maximum absolute atomic E-state index is 11.4. The molecule has 1 aromatic carbocycles. The third-order valence-electron chi connectivity index (χ3n) is 1.54. The zero-order chi connectivity index (χ0) is 11.5. The van der Waals surface area contributed by atoms with Crippen LogP contribution in [0.1, 0.15) is 5.56 Å². The van der Waals surface area contributed by atoms with Crippen LogP contribution in [0.2, 0.25) is 5.02 Å². The minimum absolute atomic E-state index is 0.315. The second-order valence-electron chi connectivity index (χ2n) is 2.83. The SMILES string of the molecule is NC(N)=NS(=O)(=O)Cc1ccccc1Cl. The van der Waals surface area contributed by atoms with Gasteiger partial charge in [-0.05, 0) is 11.6 Å². The predicted molar refractivity (Wildman–Crippen MR) is 59.9 cm³/mol. The van der Waals surface area contributed by atoms with Gasteiger partial charge in [-0.25, -0.2) is 8.42 Å². The minimum Gasteiger partial charge on any atom is -0.369 e. The molecule has 5 nitrogen and oxygen atoms in total. The summed E-state index contributed by atoms with van der Waals surface area (Å²) >= 11 is 5.79. The third-order valence-corrected chi connectivity index (χ3v) is 3.07. The summed E-state index contributed by atoms with van der Waals surface area (Å²) in [5, 5.41) is 0.367. The Balaban J connectivity index is 2.98. The molecule has 0 aliphatic heterocycles. The minimum atomic E-state index is -3.70. The van der Waals surface area contributed by atoms with Gasteiger partial charge in [0.1, 0.15) is 0 Å². The van der Waals surface area contributed by atoms with Gasteiger partial charge in [-0.2, -0.15) is 0 Å². The van der Waals surface area contributed by atoms with E-state index in [0.29, 0.717) is 10.6 Å². The van der Waals surface area contributed by atoms with Crippen LogP contribution in [0.15, 0.2) is 28.7 Å². The van der Waals surface area contributed by atoms with E-state index in [-0.39, 0.29) is 5.75 Å². The molecule has 0 radical (unpaired) electrons. The number of sulfonamides is 1. The number of rotatable bonds is 3. The van der Waals surface area contributed by atoms with E-state index in [4.69, 9.17) is 23.1 Å². The quantitative estimate of drug-likeness (QED) is 0.598. The van der Waals surface area contributed by atoms with E-state index in [1.807, 2.05) is 0 Å². The molecule has 0 heterocycles. The van der Waals surface area contributed by atoms with Gasteiger partial charge in [-0.15, -0.1) is 4.40 Å². The lowest BCUT2D eigenvalue weighted by atomic mass is 10.2. The molecule has 1 rings (SSSR count). The van der Waals surface area contributed by atoms with Gasteiger partial charge in [0.15, 0.2) is 0 Å². The molecule has 0 saturated carbocycles. The van der Waals surface area contributed by atoms with Gasteiger partial charge in [-0.1, -0.05) is 29.8 Å².